The lowest BCUT2D eigenvalue weighted by Crippen LogP contribution is -1.91. The van der Waals surface area contributed by atoms with Gasteiger partial charge in [-0.3, -0.25) is 0 Å². The highest BCUT2D eigenvalue weighted by atomic mass is 14.5. The van der Waals surface area contributed by atoms with Gasteiger partial charge in [0.2, 0.25) is 0 Å². The van der Waals surface area contributed by atoms with Gasteiger partial charge < -0.3 is 0 Å². The fourth-order valence-electron chi connectivity index (χ4n) is 2.25. The average Bonchev–Trinajstić information content (AvgIpc) is 2.49. The van der Waals surface area contributed by atoms with Gasteiger partial charge in [0, 0.05) is 0 Å². The summed E-state index contributed by atoms with van der Waals surface area (Å²) in [6.07, 6.45) is 6.18. The average molecular weight is 138 g/mol. The van der Waals surface area contributed by atoms with E-state index in [9.17, 15) is 0 Å². The van der Waals surface area contributed by atoms with Crippen LogP contribution in [0.5, 0.6) is 0 Å². The summed E-state index contributed by atoms with van der Waals surface area (Å²) in [5.74, 6) is 4.45. The van der Waals surface area contributed by atoms with Crippen LogP contribution in [0, 0.1) is 23.7 Å². The Hall–Kier alpha value is 0. The first-order valence-electron chi connectivity index (χ1n) is 4.77. The highest BCUT2D eigenvalue weighted by molar-refractivity contribution is 4.96. The molecule has 2 aliphatic carbocycles. The lowest BCUT2D eigenvalue weighted by Gasteiger charge is -2.01. The molecule has 0 amide bonds. The van der Waals surface area contributed by atoms with Crippen LogP contribution in [-0.4, -0.2) is 0 Å². The number of hydrogen-bond acceptors (Lipinski definition) is 0. The zero-order chi connectivity index (χ0) is 7.14. The molecule has 0 aromatic rings. The van der Waals surface area contributed by atoms with Crippen molar-refractivity contribution in [2.75, 3.05) is 0 Å². The molecule has 2 rings (SSSR count). The summed E-state index contributed by atoms with van der Waals surface area (Å²) in [5, 5.41) is 0. The van der Waals surface area contributed by atoms with Gasteiger partial charge in [0.15, 0.2) is 0 Å². The van der Waals surface area contributed by atoms with Crippen LogP contribution in [0.3, 0.4) is 0 Å². The highest BCUT2D eigenvalue weighted by Gasteiger charge is 2.46. The maximum absolute atomic E-state index is 2.35. The molecule has 0 heteroatoms. The standard InChI is InChI=1S/C10H18/c1-7(2)5-9-6-10(9)8-3-4-8/h7-10H,3-6H2,1-2H3. The van der Waals surface area contributed by atoms with Gasteiger partial charge in [-0.2, -0.15) is 0 Å². The van der Waals surface area contributed by atoms with E-state index in [1.54, 1.807) is 19.3 Å². The Morgan fingerprint density at radius 2 is 2.00 bits per heavy atom. The molecule has 2 fully saturated rings. The fraction of sp³-hybridized carbons (Fsp3) is 1.00. The molecule has 10 heavy (non-hydrogen) atoms. The largest absolute Gasteiger partial charge is 0.0628 e. The fourth-order valence-corrected chi connectivity index (χ4v) is 2.25. The van der Waals surface area contributed by atoms with E-state index in [2.05, 4.69) is 13.8 Å². The Morgan fingerprint density at radius 1 is 1.30 bits per heavy atom. The first kappa shape index (κ1) is 6.69. The molecule has 0 bridgehead atoms. The number of rotatable bonds is 3. The van der Waals surface area contributed by atoms with Crippen molar-refractivity contribution in [3.63, 3.8) is 0 Å². The lowest BCUT2D eigenvalue weighted by atomic mass is 10.0. The van der Waals surface area contributed by atoms with E-state index in [0.717, 1.165) is 11.8 Å². The van der Waals surface area contributed by atoms with Crippen LogP contribution in [0.25, 0.3) is 0 Å². The summed E-state index contributed by atoms with van der Waals surface area (Å²) in [7, 11) is 0. The minimum absolute atomic E-state index is 0.939. The van der Waals surface area contributed by atoms with Crippen LogP contribution in [0.2, 0.25) is 0 Å². The quantitative estimate of drug-likeness (QED) is 0.562. The van der Waals surface area contributed by atoms with Crippen molar-refractivity contribution in [3.05, 3.63) is 0 Å². The third-order valence-corrected chi connectivity index (χ3v) is 2.98. The van der Waals surface area contributed by atoms with Crippen LogP contribution in [-0.2, 0) is 0 Å². The molecule has 0 radical (unpaired) electrons. The Kier molecular flexibility index (Phi) is 1.51. The molecule has 2 atom stereocenters. The molecule has 0 aromatic carbocycles. The van der Waals surface area contributed by atoms with E-state index < -0.39 is 0 Å². The first-order chi connectivity index (χ1) is 4.77. The maximum Gasteiger partial charge on any atom is -0.0354 e. The topological polar surface area (TPSA) is 0 Å². The molecule has 0 heterocycles. The van der Waals surface area contributed by atoms with E-state index in [1.165, 1.54) is 18.3 Å². The molecule has 0 spiro atoms. The van der Waals surface area contributed by atoms with Crippen LogP contribution in [0.15, 0.2) is 0 Å². The smallest absolute Gasteiger partial charge is 0.0354 e. The molecule has 2 unspecified atom stereocenters. The predicted molar refractivity (Wildman–Crippen MR) is 43.8 cm³/mol. The molecular weight excluding hydrogens is 120 g/mol. The van der Waals surface area contributed by atoms with Crippen LogP contribution < -0.4 is 0 Å². The van der Waals surface area contributed by atoms with E-state index >= 15 is 0 Å². The van der Waals surface area contributed by atoms with Crippen molar-refractivity contribution < 1.29 is 0 Å². The molecule has 2 aliphatic rings. The second kappa shape index (κ2) is 2.25. The summed E-state index contributed by atoms with van der Waals surface area (Å²) >= 11 is 0. The van der Waals surface area contributed by atoms with E-state index in [4.69, 9.17) is 0 Å². The Labute approximate surface area is 64.0 Å². The van der Waals surface area contributed by atoms with Gasteiger partial charge >= 0.3 is 0 Å². The van der Waals surface area contributed by atoms with Gasteiger partial charge in [-0.05, 0) is 49.4 Å². The third kappa shape index (κ3) is 1.36. The summed E-state index contributed by atoms with van der Waals surface area (Å²) in [5.41, 5.74) is 0. The molecule has 0 nitrogen and oxygen atoms in total. The van der Waals surface area contributed by atoms with Crippen molar-refractivity contribution >= 4 is 0 Å². The molecule has 2 saturated carbocycles. The molecule has 0 aromatic heterocycles. The van der Waals surface area contributed by atoms with Gasteiger partial charge in [-0.25, -0.2) is 0 Å². The molecule has 0 saturated heterocycles. The summed E-state index contributed by atoms with van der Waals surface area (Å²) in [6, 6.07) is 0. The Bertz CT molecular complexity index is 122. The van der Waals surface area contributed by atoms with Gasteiger partial charge in [0.25, 0.3) is 0 Å². The number of hydrogen-bond donors (Lipinski definition) is 0. The van der Waals surface area contributed by atoms with Crippen LogP contribution >= 0.6 is 0 Å². The highest BCUT2D eigenvalue weighted by Crippen LogP contribution is 2.56. The zero-order valence-corrected chi connectivity index (χ0v) is 7.14. The second-order valence-electron chi connectivity index (χ2n) is 4.63. The second-order valence-corrected chi connectivity index (χ2v) is 4.63. The normalized spacial score (nSPS) is 38.7. The predicted octanol–water partition coefficient (Wildman–Crippen LogP) is 3.08. The van der Waals surface area contributed by atoms with E-state index in [-0.39, 0.29) is 0 Å². The summed E-state index contributed by atoms with van der Waals surface area (Å²) in [4.78, 5) is 0. The monoisotopic (exact) mass is 138 g/mol. The van der Waals surface area contributed by atoms with Crippen LogP contribution in [0.1, 0.15) is 39.5 Å². The van der Waals surface area contributed by atoms with Crippen molar-refractivity contribution in [1.82, 2.24) is 0 Å². The van der Waals surface area contributed by atoms with Crippen molar-refractivity contribution in [2.45, 2.75) is 39.5 Å². The van der Waals surface area contributed by atoms with Crippen LogP contribution in [0.4, 0.5) is 0 Å². The lowest BCUT2D eigenvalue weighted by molar-refractivity contribution is 0.496. The molecule has 0 N–H and O–H groups in total. The van der Waals surface area contributed by atoms with E-state index in [1.807, 2.05) is 0 Å². The SMILES string of the molecule is CC(C)CC1CC1C1CC1. The summed E-state index contributed by atoms with van der Waals surface area (Å²) in [6.45, 7) is 4.70. The molecular formula is C10H18. The van der Waals surface area contributed by atoms with Crippen molar-refractivity contribution in [3.8, 4) is 0 Å². The minimum atomic E-state index is 0.939. The Morgan fingerprint density at radius 3 is 2.50 bits per heavy atom. The van der Waals surface area contributed by atoms with Gasteiger partial charge in [0.05, 0.1) is 0 Å². The minimum Gasteiger partial charge on any atom is -0.0628 e. The van der Waals surface area contributed by atoms with Crippen molar-refractivity contribution in [2.24, 2.45) is 23.7 Å². The molecule has 0 aliphatic heterocycles. The van der Waals surface area contributed by atoms with Crippen molar-refractivity contribution in [1.29, 1.82) is 0 Å². The molecule has 58 valence electrons. The third-order valence-electron chi connectivity index (χ3n) is 2.98. The maximum atomic E-state index is 2.35. The summed E-state index contributed by atoms with van der Waals surface area (Å²) < 4.78 is 0. The van der Waals surface area contributed by atoms with Gasteiger partial charge in [-0.1, -0.05) is 13.8 Å². The zero-order valence-electron chi connectivity index (χ0n) is 7.14. The Balaban J connectivity index is 1.69. The first-order valence-corrected chi connectivity index (χ1v) is 4.77. The van der Waals surface area contributed by atoms with Gasteiger partial charge in [-0.15, -0.1) is 0 Å². The van der Waals surface area contributed by atoms with E-state index in [0.29, 0.717) is 0 Å². The van der Waals surface area contributed by atoms with Gasteiger partial charge in [0.1, 0.15) is 0 Å².